The number of nitrogens with one attached hydrogen (secondary N) is 1. The first-order valence-corrected chi connectivity index (χ1v) is 6.87. The number of anilines is 1. The van der Waals surface area contributed by atoms with Gasteiger partial charge in [-0.2, -0.15) is 0 Å². The van der Waals surface area contributed by atoms with E-state index in [1.165, 1.54) is 12.3 Å². The highest BCUT2D eigenvalue weighted by atomic mass is 79.9. The van der Waals surface area contributed by atoms with Crippen molar-refractivity contribution in [2.45, 2.75) is 20.3 Å². The molecule has 0 aliphatic heterocycles. The van der Waals surface area contributed by atoms with Crippen molar-refractivity contribution in [3.05, 3.63) is 26.9 Å². The van der Waals surface area contributed by atoms with Crippen LogP contribution in [0.4, 0.5) is 11.5 Å². The number of hydrogen-bond donors (Lipinski definition) is 2. The topological polar surface area (TPSA) is 105 Å². The molecule has 8 heteroatoms. The van der Waals surface area contributed by atoms with Gasteiger partial charge in [0.25, 0.3) is 0 Å². The van der Waals surface area contributed by atoms with Gasteiger partial charge in [0.2, 0.25) is 5.82 Å². The van der Waals surface area contributed by atoms with Crippen molar-refractivity contribution in [1.29, 1.82) is 0 Å². The monoisotopic (exact) mass is 345 g/mol. The zero-order chi connectivity index (χ0) is 15.3. The minimum absolute atomic E-state index is 0.0770. The van der Waals surface area contributed by atoms with Gasteiger partial charge >= 0.3 is 11.7 Å². The fourth-order valence-corrected chi connectivity index (χ4v) is 2.08. The number of carbonyl (C=O) groups is 1. The third-order valence-electron chi connectivity index (χ3n) is 2.65. The van der Waals surface area contributed by atoms with Crippen LogP contribution in [-0.4, -0.2) is 27.5 Å². The van der Waals surface area contributed by atoms with Crippen LogP contribution in [0.3, 0.4) is 0 Å². The first kappa shape index (κ1) is 16.4. The third kappa shape index (κ3) is 4.76. The number of aromatic nitrogens is 1. The zero-order valence-corrected chi connectivity index (χ0v) is 12.8. The van der Waals surface area contributed by atoms with Crippen LogP contribution in [-0.2, 0) is 4.79 Å². The van der Waals surface area contributed by atoms with E-state index in [9.17, 15) is 14.9 Å². The predicted molar refractivity (Wildman–Crippen MR) is 77.7 cm³/mol. The smallest absolute Gasteiger partial charge is 0.312 e. The number of nitrogens with zero attached hydrogens (tertiary/aromatic N) is 2. The molecule has 1 unspecified atom stereocenters. The highest BCUT2D eigenvalue weighted by molar-refractivity contribution is 9.10. The Bertz CT molecular complexity index is 507. The summed E-state index contributed by atoms with van der Waals surface area (Å²) in [6, 6.07) is 1.33. The Morgan fingerprint density at radius 2 is 2.25 bits per heavy atom. The van der Waals surface area contributed by atoms with Crippen molar-refractivity contribution in [2.75, 3.05) is 11.9 Å². The van der Waals surface area contributed by atoms with Gasteiger partial charge < -0.3 is 10.4 Å². The van der Waals surface area contributed by atoms with E-state index in [2.05, 4.69) is 26.2 Å². The minimum Gasteiger partial charge on any atom is -0.481 e. The Hall–Kier alpha value is -1.70. The van der Waals surface area contributed by atoms with Crippen LogP contribution in [0.1, 0.15) is 20.3 Å². The van der Waals surface area contributed by atoms with Gasteiger partial charge in [-0.05, 0) is 28.3 Å². The van der Waals surface area contributed by atoms with Crippen LogP contribution in [0.25, 0.3) is 0 Å². The van der Waals surface area contributed by atoms with Crippen LogP contribution < -0.4 is 5.32 Å². The fourth-order valence-electron chi connectivity index (χ4n) is 1.76. The molecule has 7 nitrogen and oxygen atoms in total. The molecule has 0 aliphatic carbocycles. The molecule has 0 spiro atoms. The number of carboxylic acid groups (broad SMARTS) is 1. The minimum atomic E-state index is -0.925. The maximum atomic E-state index is 11.1. The molecule has 20 heavy (non-hydrogen) atoms. The van der Waals surface area contributed by atoms with Gasteiger partial charge in [0, 0.05) is 23.3 Å². The summed E-state index contributed by atoms with van der Waals surface area (Å²) >= 11 is 3.11. The van der Waals surface area contributed by atoms with Crippen LogP contribution >= 0.6 is 15.9 Å². The number of nitro groups is 1. The van der Waals surface area contributed by atoms with Gasteiger partial charge in [-0.3, -0.25) is 14.9 Å². The Balaban J connectivity index is 2.82. The summed E-state index contributed by atoms with van der Waals surface area (Å²) in [5.41, 5.74) is -0.187. The molecule has 0 saturated carbocycles. The molecule has 1 atom stereocenters. The van der Waals surface area contributed by atoms with Gasteiger partial charge in [-0.15, -0.1) is 0 Å². The molecule has 2 N–H and O–H groups in total. The lowest BCUT2D eigenvalue weighted by Crippen LogP contribution is -2.25. The van der Waals surface area contributed by atoms with E-state index in [0.717, 1.165) is 0 Å². The van der Waals surface area contributed by atoms with Crippen molar-refractivity contribution < 1.29 is 14.8 Å². The van der Waals surface area contributed by atoms with Crippen molar-refractivity contribution in [2.24, 2.45) is 11.8 Å². The Kier molecular flexibility index (Phi) is 5.87. The van der Waals surface area contributed by atoms with E-state index >= 15 is 0 Å². The van der Waals surface area contributed by atoms with Gasteiger partial charge in [-0.1, -0.05) is 13.8 Å². The largest absolute Gasteiger partial charge is 0.481 e. The molecule has 0 bridgehead atoms. The molecule has 1 rings (SSSR count). The zero-order valence-electron chi connectivity index (χ0n) is 11.2. The molecular formula is C12H16BrN3O4. The van der Waals surface area contributed by atoms with E-state index in [4.69, 9.17) is 5.11 Å². The van der Waals surface area contributed by atoms with Crippen LogP contribution in [0.5, 0.6) is 0 Å². The molecule has 110 valence electrons. The number of rotatable bonds is 7. The Morgan fingerprint density at radius 1 is 1.60 bits per heavy atom. The van der Waals surface area contributed by atoms with Gasteiger partial charge in [0.15, 0.2) is 0 Å². The summed E-state index contributed by atoms with van der Waals surface area (Å²) in [5.74, 6) is -1.23. The lowest BCUT2D eigenvalue weighted by molar-refractivity contribution is -0.384. The molecule has 1 aromatic heterocycles. The first-order valence-electron chi connectivity index (χ1n) is 6.07. The summed E-state index contributed by atoms with van der Waals surface area (Å²) in [6.07, 6.45) is 1.92. The maximum Gasteiger partial charge on any atom is 0.312 e. The third-order valence-corrected chi connectivity index (χ3v) is 3.09. The lowest BCUT2D eigenvalue weighted by Gasteiger charge is -2.15. The number of halogens is 1. The maximum absolute atomic E-state index is 11.1. The van der Waals surface area contributed by atoms with Crippen LogP contribution in [0.15, 0.2) is 16.7 Å². The van der Waals surface area contributed by atoms with Crippen molar-refractivity contribution in [3.63, 3.8) is 0 Å². The molecule has 1 heterocycles. The number of pyridine rings is 1. The van der Waals surface area contributed by atoms with E-state index < -0.39 is 16.8 Å². The molecule has 1 aromatic rings. The van der Waals surface area contributed by atoms with E-state index in [-0.39, 0.29) is 24.0 Å². The van der Waals surface area contributed by atoms with E-state index in [1.807, 2.05) is 13.8 Å². The quantitative estimate of drug-likeness (QED) is 0.581. The molecular weight excluding hydrogens is 330 g/mol. The second-order valence-electron chi connectivity index (χ2n) is 4.82. The Morgan fingerprint density at radius 3 is 2.75 bits per heavy atom. The first-order chi connectivity index (χ1) is 9.31. The highest BCUT2D eigenvalue weighted by Gasteiger charge is 2.21. The summed E-state index contributed by atoms with van der Waals surface area (Å²) in [5, 5.41) is 22.8. The molecule has 0 aliphatic rings. The van der Waals surface area contributed by atoms with Crippen molar-refractivity contribution >= 4 is 33.4 Å². The SMILES string of the molecule is CC(C)CC(CNc1ncc(Br)cc1[N+](=O)[O-])C(=O)O. The predicted octanol–water partition coefficient (Wildman–Crippen LogP) is 2.91. The molecule has 0 fully saturated rings. The summed E-state index contributed by atoms with van der Waals surface area (Å²) < 4.78 is 0.492. The number of hydrogen-bond acceptors (Lipinski definition) is 5. The average molecular weight is 346 g/mol. The second-order valence-corrected chi connectivity index (χ2v) is 5.74. The summed E-state index contributed by atoms with van der Waals surface area (Å²) in [7, 11) is 0. The van der Waals surface area contributed by atoms with E-state index in [1.54, 1.807) is 0 Å². The standard InChI is InChI=1S/C12H16BrN3O4/c1-7(2)3-8(12(17)18)5-14-11-10(16(19)20)4-9(13)6-15-11/h4,6-8H,3,5H2,1-2H3,(H,14,15)(H,17,18). The Labute approximate surface area is 124 Å². The van der Waals surface area contributed by atoms with Gasteiger partial charge in [-0.25, -0.2) is 4.98 Å². The molecule has 0 saturated heterocycles. The number of carboxylic acids is 1. The average Bonchev–Trinajstić information content (AvgIpc) is 2.34. The summed E-state index contributed by atoms with van der Waals surface area (Å²) in [4.78, 5) is 25.4. The molecule has 0 amide bonds. The second kappa shape index (κ2) is 7.18. The van der Waals surface area contributed by atoms with Gasteiger partial charge in [0.1, 0.15) is 0 Å². The molecule has 0 radical (unpaired) electrons. The fraction of sp³-hybridized carbons (Fsp3) is 0.500. The van der Waals surface area contributed by atoms with Crippen molar-refractivity contribution in [1.82, 2.24) is 4.98 Å². The van der Waals surface area contributed by atoms with Crippen molar-refractivity contribution in [3.8, 4) is 0 Å². The van der Waals surface area contributed by atoms with Crippen LogP contribution in [0, 0.1) is 22.0 Å². The van der Waals surface area contributed by atoms with Gasteiger partial charge in [0.05, 0.1) is 10.8 Å². The number of aliphatic carboxylic acids is 1. The highest BCUT2D eigenvalue weighted by Crippen LogP contribution is 2.25. The lowest BCUT2D eigenvalue weighted by atomic mass is 9.97. The molecule has 0 aromatic carbocycles. The van der Waals surface area contributed by atoms with Crippen LogP contribution in [0.2, 0.25) is 0 Å². The summed E-state index contributed by atoms with van der Waals surface area (Å²) in [6.45, 7) is 3.95. The van der Waals surface area contributed by atoms with E-state index in [0.29, 0.717) is 10.9 Å². The normalized spacial score (nSPS) is 12.2.